The summed E-state index contributed by atoms with van der Waals surface area (Å²) in [5.74, 6) is 0. The highest BCUT2D eigenvalue weighted by atomic mass is 32.2. The van der Waals surface area contributed by atoms with Crippen molar-refractivity contribution >= 4 is 38.0 Å². The lowest BCUT2D eigenvalue weighted by atomic mass is 10.1. The van der Waals surface area contributed by atoms with Gasteiger partial charge >= 0.3 is 0 Å². The third-order valence-corrected chi connectivity index (χ3v) is 4.80. The first kappa shape index (κ1) is 14.3. The predicted molar refractivity (Wildman–Crippen MR) is 92.5 cm³/mol. The Bertz CT molecular complexity index is 900. The van der Waals surface area contributed by atoms with Crippen LogP contribution in [0.1, 0.15) is 5.56 Å². The van der Waals surface area contributed by atoms with Crippen molar-refractivity contribution in [3.05, 3.63) is 66.2 Å². The minimum Gasteiger partial charge on any atom is -0.399 e. The van der Waals surface area contributed by atoms with Gasteiger partial charge in [0, 0.05) is 16.9 Å². The van der Waals surface area contributed by atoms with Gasteiger partial charge in [0.1, 0.15) is 15.8 Å². The summed E-state index contributed by atoms with van der Waals surface area (Å²) < 4.78 is 12.8. The van der Waals surface area contributed by atoms with E-state index in [1.165, 1.54) is 0 Å². The Kier molecular flexibility index (Phi) is 3.65. The Morgan fingerprint density at radius 1 is 0.955 bits per heavy atom. The molecular formula is C17H15N3OS. The van der Waals surface area contributed by atoms with Gasteiger partial charge in [-0.2, -0.15) is 0 Å². The van der Waals surface area contributed by atoms with Crippen LogP contribution in [0.15, 0.2) is 65.6 Å². The van der Waals surface area contributed by atoms with Crippen molar-refractivity contribution in [2.75, 3.05) is 11.5 Å². The smallest absolute Gasteiger partial charge is 0.133 e. The number of nitrogens with two attached hydrogens (primary N) is 2. The molecule has 1 unspecified atom stereocenters. The molecule has 0 saturated heterocycles. The first-order chi connectivity index (χ1) is 10.6. The number of anilines is 2. The van der Waals surface area contributed by atoms with E-state index in [1.807, 2.05) is 36.4 Å². The number of hydrogen-bond acceptors (Lipinski definition) is 4. The van der Waals surface area contributed by atoms with Gasteiger partial charge in [-0.3, -0.25) is 5.41 Å². The van der Waals surface area contributed by atoms with E-state index < -0.39 is 10.8 Å². The van der Waals surface area contributed by atoms with E-state index in [0.29, 0.717) is 21.8 Å². The Morgan fingerprint density at radius 2 is 1.68 bits per heavy atom. The number of nitrogen functional groups attached to an aromatic ring is 2. The first-order valence-corrected chi connectivity index (χ1v) is 7.86. The number of fused-ring (bicyclic) bond motifs is 1. The van der Waals surface area contributed by atoms with Gasteiger partial charge in [-0.05, 0) is 35.0 Å². The van der Waals surface area contributed by atoms with Crippen LogP contribution >= 0.6 is 0 Å². The lowest BCUT2D eigenvalue weighted by molar-refractivity contribution is 0.690. The second-order valence-corrected chi connectivity index (χ2v) is 6.31. The molecule has 0 radical (unpaired) electrons. The maximum atomic E-state index is 12.8. The Balaban J connectivity index is 2.10. The summed E-state index contributed by atoms with van der Waals surface area (Å²) >= 11 is 0. The molecule has 3 aromatic carbocycles. The van der Waals surface area contributed by atoms with E-state index in [4.69, 9.17) is 16.9 Å². The maximum absolute atomic E-state index is 12.8. The zero-order valence-electron chi connectivity index (χ0n) is 11.7. The van der Waals surface area contributed by atoms with Gasteiger partial charge < -0.3 is 11.5 Å². The van der Waals surface area contributed by atoms with Crippen molar-refractivity contribution in [3.8, 4) is 0 Å². The zero-order chi connectivity index (χ0) is 15.7. The Hall–Kier alpha value is -2.66. The lowest BCUT2D eigenvalue weighted by Gasteiger charge is -2.10. The third-order valence-electron chi connectivity index (χ3n) is 3.46. The molecule has 0 aliphatic heterocycles. The standard InChI is InChI=1S/C17H15N3OS/c18-12-8-9-15(19)14(10-12)17(20)22(21)16-7-3-5-11-4-1-2-6-13(11)16/h1-10,20H,18-19H2. The summed E-state index contributed by atoms with van der Waals surface area (Å²) in [5.41, 5.74) is 12.9. The van der Waals surface area contributed by atoms with Crippen LogP contribution in [0.25, 0.3) is 10.8 Å². The number of nitrogens with one attached hydrogen (secondary N) is 1. The average molecular weight is 309 g/mol. The Morgan fingerprint density at radius 3 is 2.50 bits per heavy atom. The normalized spacial score (nSPS) is 12.2. The average Bonchev–Trinajstić information content (AvgIpc) is 2.55. The number of rotatable bonds is 2. The van der Waals surface area contributed by atoms with Gasteiger partial charge in [0.25, 0.3) is 0 Å². The summed E-state index contributed by atoms with van der Waals surface area (Å²) in [7, 11) is -1.62. The van der Waals surface area contributed by atoms with Crippen LogP contribution < -0.4 is 11.5 Å². The van der Waals surface area contributed by atoms with Crippen LogP contribution in [0.4, 0.5) is 11.4 Å². The molecule has 1 atom stereocenters. The lowest BCUT2D eigenvalue weighted by Crippen LogP contribution is -2.11. The molecule has 3 aromatic rings. The summed E-state index contributed by atoms with van der Waals surface area (Å²) in [6.45, 7) is 0. The van der Waals surface area contributed by atoms with Gasteiger partial charge in [0.15, 0.2) is 0 Å². The molecule has 4 nitrogen and oxygen atoms in total. The molecule has 3 rings (SSSR count). The van der Waals surface area contributed by atoms with E-state index in [-0.39, 0.29) is 5.04 Å². The molecule has 5 N–H and O–H groups in total. The second-order valence-electron chi connectivity index (χ2n) is 4.92. The third kappa shape index (κ3) is 2.46. The molecule has 0 aromatic heterocycles. The van der Waals surface area contributed by atoms with Crippen LogP contribution in [0.5, 0.6) is 0 Å². The highest BCUT2D eigenvalue weighted by Gasteiger charge is 2.17. The first-order valence-electron chi connectivity index (χ1n) is 6.71. The summed E-state index contributed by atoms with van der Waals surface area (Å²) in [4.78, 5) is 0.602. The van der Waals surface area contributed by atoms with Gasteiger partial charge in [-0.25, -0.2) is 4.21 Å². The van der Waals surface area contributed by atoms with E-state index in [1.54, 1.807) is 24.3 Å². The van der Waals surface area contributed by atoms with Crippen LogP contribution in [0.3, 0.4) is 0 Å². The van der Waals surface area contributed by atoms with Crippen molar-refractivity contribution in [1.29, 1.82) is 5.41 Å². The van der Waals surface area contributed by atoms with Crippen molar-refractivity contribution in [3.63, 3.8) is 0 Å². The molecule has 0 spiro atoms. The Labute approximate surface area is 130 Å². The van der Waals surface area contributed by atoms with Gasteiger partial charge in [0.2, 0.25) is 0 Å². The van der Waals surface area contributed by atoms with Gasteiger partial charge in [-0.15, -0.1) is 0 Å². The quantitative estimate of drug-likeness (QED) is 0.386. The van der Waals surface area contributed by atoms with Crippen LogP contribution in [-0.4, -0.2) is 9.25 Å². The van der Waals surface area contributed by atoms with Crippen LogP contribution in [0, 0.1) is 5.41 Å². The molecule has 0 bridgehead atoms. The highest BCUT2D eigenvalue weighted by Crippen LogP contribution is 2.25. The molecule has 0 aliphatic carbocycles. The number of benzene rings is 3. The largest absolute Gasteiger partial charge is 0.399 e. The predicted octanol–water partition coefficient (Wildman–Crippen LogP) is 3.14. The fourth-order valence-electron chi connectivity index (χ4n) is 2.34. The molecule has 0 fully saturated rings. The van der Waals surface area contributed by atoms with Gasteiger partial charge in [-0.1, -0.05) is 36.4 Å². The fourth-order valence-corrected chi connectivity index (χ4v) is 3.52. The SMILES string of the molecule is N=C(c1cc(N)ccc1N)S(=O)c1cccc2ccccc12. The van der Waals surface area contributed by atoms with E-state index in [2.05, 4.69) is 0 Å². The molecule has 5 heteroatoms. The zero-order valence-corrected chi connectivity index (χ0v) is 12.6. The highest BCUT2D eigenvalue weighted by molar-refractivity contribution is 8.01. The van der Waals surface area contributed by atoms with Gasteiger partial charge in [0.05, 0.1) is 4.90 Å². The minimum atomic E-state index is -1.62. The number of hydrogen-bond donors (Lipinski definition) is 3. The second kappa shape index (κ2) is 5.61. The van der Waals surface area contributed by atoms with E-state index >= 15 is 0 Å². The van der Waals surface area contributed by atoms with Crippen molar-refractivity contribution < 1.29 is 4.21 Å². The van der Waals surface area contributed by atoms with Crippen molar-refractivity contribution in [2.24, 2.45) is 0 Å². The maximum Gasteiger partial charge on any atom is 0.133 e. The molecule has 0 aliphatic rings. The van der Waals surface area contributed by atoms with Crippen molar-refractivity contribution in [1.82, 2.24) is 0 Å². The summed E-state index contributed by atoms with van der Waals surface area (Å²) in [5, 5.41) is 10.1. The minimum absolute atomic E-state index is 0.0406. The van der Waals surface area contributed by atoms with E-state index in [0.717, 1.165) is 10.8 Å². The van der Waals surface area contributed by atoms with Crippen molar-refractivity contribution in [2.45, 2.75) is 4.90 Å². The summed E-state index contributed by atoms with van der Waals surface area (Å²) in [6, 6.07) is 18.1. The van der Waals surface area contributed by atoms with E-state index in [9.17, 15) is 4.21 Å². The molecule has 0 saturated carbocycles. The molecule has 0 heterocycles. The monoisotopic (exact) mass is 309 g/mol. The van der Waals surface area contributed by atoms with Crippen LogP contribution in [0.2, 0.25) is 0 Å². The molecule has 22 heavy (non-hydrogen) atoms. The summed E-state index contributed by atoms with van der Waals surface area (Å²) in [6.07, 6.45) is 0. The molecule has 0 amide bonds. The topological polar surface area (TPSA) is 93.0 Å². The molecule has 110 valence electrons. The van der Waals surface area contributed by atoms with Crippen LogP contribution in [-0.2, 0) is 10.8 Å². The molecular weight excluding hydrogens is 294 g/mol. The fraction of sp³-hybridized carbons (Fsp3) is 0.